The number of ether oxygens (including phenoxy) is 3. The number of benzene rings is 2. The van der Waals surface area contributed by atoms with Crippen molar-refractivity contribution < 1.29 is 23.8 Å². The molecule has 2 aromatic carbocycles. The van der Waals surface area contributed by atoms with Crippen LogP contribution in [0.15, 0.2) is 60.7 Å². The van der Waals surface area contributed by atoms with Gasteiger partial charge in [-0.3, -0.25) is 9.59 Å². The van der Waals surface area contributed by atoms with Gasteiger partial charge >= 0.3 is 0 Å². The lowest BCUT2D eigenvalue weighted by atomic mass is 10.1. The van der Waals surface area contributed by atoms with E-state index in [1.807, 2.05) is 60.7 Å². The molecule has 0 radical (unpaired) electrons. The summed E-state index contributed by atoms with van der Waals surface area (Å²) in [5.74, 6) is -0.592. The fourth-order valence-corrected chi connectivity index (χ4v) is 3.02. The lowest BCUT2D eigenvalue weighted by Gasteiger charge is -2.24. The minimum atomic E-state index is -0.932. The Morgan fingerprint density at radius 2 is 1.10 bits per heavy atom. The Morgan fingerprint density at radius 1 is 0.710 bits per heavy atom. The van der Waals surface area contributed by atoms with Crippen LogP contribution in [0.5, 0.6) is 0 Å². The lowest BCUT2D eigenvalue weighted by Crippen LogP contribution is -2.37. The molecule has 0 aliphatic rings. The van der Waals surface area contributed by atoms with Crippen LogP contribution in [0.2, 0.25) is 0 Å². The maximum atomic E-state index is 13.0. The van der Waals surface area contributed by atoms with Crippen molar-refractivity contribution in [3.63, 3.8) is 0 Å². The monoisotopic (exact) mass is 428 g/mol. The van der Waals surface area contributed by atoms with E-state index >= 15 is 0 Å². The van der Waals surface area contributed by atoms with Crippen LogP contribution in [0, 0.1) is 0 Å². The van der Waals surface area contributed by atoms with Gasteiger partial charge in [-0.2, -0.15) is 0 Å². The van der Waals surface area contributed by atoms with Crippen LogP contribution in [0.3, 0.4) is 0 Å². The molecule has 2 atom stereocenters. The Labute approximate surface area is 184 Å². The van der Waals surface area contributed by atoms with Crippen LogP contribution < -0.4 is 10.6 Å². The van der Waals surface area contributed by atoms with Crippen LogP contribution in [0.25, 0.3) is 0 Å². The topological polar surface area (TPSA) is 85.9 Å². The average Bonchev–Trinajstić information content (AvgIpc) is 2.81. The van der Waals surface area contributed by atoms with E-state index in [1.165, 1.54) is 0 Å². The zero-order valence-corrected chi connectivity index (χ0v) is 18.2. The van der Waals surface area contributed by atoms with Crippen LogP contribution in [-0.2, 0) is 23.8 Å². The number of nitrogens with one attached hydrogen (secondary N) is 2. The molecule has 0 saturated heterocycles. The predicted molar refractivity (Wildman–Crippen MR) is 118 cm³/mol. The molecule has 7 heteroatoms. The van der Waals surface area contributed by atoms with Gasteiger partial charge in [-0.05, 0) is 24.0 Å². The number of hydrogen-bond acceptors (Lipinski definition) is 5. The molecule has 0 aliphatic heterocycles. The van der Waals surface area contributed by atoms with E-state index in [4.69, 9.17) is 14.2 Å². The smallest absolute Gasteiger partial charge is 0.253 e. The Bertz CT molecular complexity index is 705. The summed E-state index contributed by atoms with van der Waals surface area (Å²) in [5, 5.41) is 5.76. The summed E-state index contributed by atoms with van der Waals surface area (Å²) in [5.41, 5.74) is 1.36. The van der Waals surface area contributed by atoms with Crippen molar-refractivity contribution in [1.29, 1.82) is 0 Å². The zero-order chi connectivity index (χ0) is 22.3. The van der Waals surface area contributed by atoms with E-state index in [-0.39, 0.29) is 11.8 Å². The summed E-state index contributed by atoms with van der Waals surface area (Å²) in [6.07, 6.45) is -0.491. The average molecular weight is 429 g/mol. The molecule has 2 aromatic rings. The Morgan fingerprint density at radius 3 is 1.45 bits per heavy atom. The van der Waals surface area contributed by atoms with Crippen LogP contribution in [-0.4, -0.2) is 52.3 Å². The summed E-state index contributed by atoms with van der Waals surface area (Å²) in [4.78, 5) is 25.9. The third kappa shape index (κ3) is 8.49. The van der Waals surface area contributed by atoms with Gasteiger partial charge in [-0.15, -0.1) is 0 Å². The molecule has 0 spiro atoms. The Hall–Kier alpha value is -2.74. The Balaban J connectivity index is 2.20. The minimum absolute atomic E-state index is 0.296. The van der Waals surface area contributed by atoms with Crippen LogP contribution >= 0.6 is 0 Å². The first-order valence-electron chi connectivity index (χ1n) is 10.5. The number of amides is 2. The van der Waals surface area contributed by atoms with E-state index in [9.17, 15) is 9.59 Å². The molecule has 31 heavy (non-hydrogen) atoms. The van der Waals surface area contributed by atoms with E-state index in [1.54, 1.807) is 14.2 Å². The number of rotatable bonds is 14. The highest BCUT2D eigenvalue weighted by atomic mass is 16.5. The van der Waals surface area contributed by atoms with E-state index in [2.05, 4.69) is 10.6 Å². The third-order valence-corrected chi connectivity index (χ3v) is 4.60. The van der Waals surface area contributed by atoms with Gasteiger partial charge in [0.15, 0.2) is 12.2 Å². The summed E-state index contributed by atoms with van der Waals surface area (Å²) >= 11 is 0. The van der Waals surface area contributed by atoms with E-state index in [0.29, 0.717) is 50.3 Å². The fourth-order valence-electron chi connectivity index (χ4n) is 3.02. The Kier molecular flexibility index (Phi) is 11.3. The molecule has 2 N–H and O–H groups in total. The van der Waals surface area contributed by atoms with Crippen molar-refractivity contribution in [1.82, 2.24) is 10.6 Å². The molecule has 0 bridgehead atoms. The molecule has 0 heterocycles. The molecule has 7 nitrogen and oxygen atoms in total. The highest BCUT2D eigenvalue weighted by molar-refractivity contribution is 5.85. The van der Waals surface area contributed by atoms with Gasteiger partial charge in [0.25, 0.3) is 11.8 Å². The molecule has 2 amide bonds. The largest absolute Gasteiger partial charge is 0.385 e. The highest BCUT2D eigenvalue weighted by Crippen LogP contribution is 2.27. The van der Waals surface area contributed by atoms with E-state index < -0.39 is 12.2 Å². The van der Waals surface area contributed by atoms with Crippen molar-refractivity contribution in [2.45, 2.75) is 25.0 Å². The molecular weight excluding hydrogens is 396 g/mol. The minimum Gasteiger partial charge on any atom is -0.385 e. The molecule has 2 rings (SSSR count). The van der Waals surface area contributed by atoms with Gasteiger partial charge in [0.05, 0.1) is 0 Å². The maximum Gasteiger partial charge on any atom is 0.253 e. The summed E-state index contributed by atoms with van der Waals surface area (Å²) in [6.45, 7) is 2.01. The third-order valence-electron chi connectivity index (χ3n) is 4.60. The second kappa shape index (κ2) is 14.3. The van der Waals surface area contributed by atoms with Crippen molar-refractivity contribution in [3.8, 4) is 0 Å². The second-order valence-corrected chi connectivity index (χ2v) is 6.99. The number of hydrogen-bond donors (Lipinski definition) is 2. The van der Waals surface area contributed by atoms with E-state index in [0.717, 1.165) is 0 Å². The first kappa shape index (κ1) is 24.5. The van der Waals surface area contributed by atoms with Crippen molar-refractivity contribution >= 4 is 11.8 Å². The fraction of sp³-hybridized carbons (Fsp3) is 0.417. The standard InChI is InChI=1S/C24H32N2O5/c1-29-17-9-15-25-23(27)21(19-11-5-3-6-12-19)31-22(20-13-7-4-8-14-20)24(28)26-16-10-18-30-2/h3-8,11-14,21-22H,9-10,15-18H2,1-2H3,(H,25,27)(H,26,28)/t21-,22-/m1/s1. The van der Waals surface area contributed by atoms with Crippen LogP contribution in [0.1, 0.15) is 36.2 Å². The maximum absolute atomic E-state index is 13.0. The van der Waals surface area contributed by atoms with Gasteiger partial charge in [-0.25, -0.2) is 0 Å². The summed E-state index contributed by atoms with van der Waals surface area (Å²) in [6, 6.07) is 18.4. The number of carbonyl (C=O) groups excluding carboxylic acids is 2. The number of carbonyl (C=O) groups is 2. The zero-order valence-electron chi connectivity index (χ0n) is 18.2. The first-order chi connectivity index (χ1) is 15.2. The van der Waals surface area contributed by atoms with Gasteiger partial charge in [0, 0.05) is 40.5 Å². The first-order valence-corrected chi connectivity index (χ1v) is 10.5. The second-order valence-electron chi connectivity index (χ2n) is 6.99. The summed E-state index contributed by atoms with van der Waals surface area (Å²) in [7, 11) is 3.24. The SMILES string of the molecule is COCCCNC(=O)[C@H](O[C@@H](C(=O)NCCCOC)c1ccccc1)c1ccccc1. The molecular formula is C24H32N2O5. The molecule has 0 unspecified atom stereocenters. The molecule has 0 aromatic heterocycles. The van der Waals surface area contributed by atoms with Crippen molar-refractivity contribution in [3.05, 3.63) is 71.8 Å². The normalized spacial score (nSPS) is 12.7. The quantitative estimate of drug-likeness (QED) is 0.452. The van der Waals surface area contributed by atoms with Crippen LogP contribution in [0.4, 0.5) is 0 Å². The summed E-state index contributed by atoms with van der Waals surface area (Å²) < 4.78 is 16.2. The van der Waals surface area contributed by atoms with Gasteiger partial charge in [0.2, 0.25) is 0 Å². The van der Waals surface area contributed by atoms with Crippen molar-refractivity contribution in [2.24, 2.45) is 0 Å². The predicted octanol–water partition coefficient (Wildman–Crippen LogP) is 2.79. The highest BCUT2D eigenvalue weighted by Gasteiger charge is 2.30. The van der Waals surface area contributed by atoms with Gasteiger partial charge < -0.3 is 24.8 Å². The molecule has 0 aliphatic carbocycles. The van der Waals surface area contributed by atoms with Gasteiger partial charge in [0.1, 0.15) is 0 Å². The lowest BCUT2D eigenvalue weighted by molar-refractivity contribution is -0.147. The molecule has 168 valence electrons. The van der Waals surface area contributed by atoms with Crippen molar-refractivity contribution in [2.75, 3.05) is 40.5 Å². The number of methoxy groups -OCH3 is 2. The van der Waals surface area contributed by atoms with Gasteiger partial charge in [-0.1, -0.05) is 60.7 Å². The molecule has 0 saturated carbocycles. The molecule has 0 fully saturated rings.